The quantitative estimate of drug-likeness (QED) is 0.194. The van der Waals surface area contributed by atoms with Gasteiger partial charge in [-0.15, -0.1) is 0 Å². The number of aliphatic hydroxyl groups excluding tert-OH is 4. The number of rotatable bonds is 3. The van der Waals surface area contributed by atoms with Crippen LogP contribution in [0.25, 0.3) is 22.3 Å². The van der Waals surface area contributed by atoms with Crippen LogP contribution in [0.2, 0.25) is 0 Å². The summed E-state index contributed by atoms with van der Waals surface area (Å²) >= 11 is 0. The summed E-state index contributed by atoms with van der Waals surface area (Å²) in [5.74, 6) is -4.85. The largest absolute Gasteiger partial charge is 0.507 e. The topological polar surface area (TPSA) is 242 Å². The van der Waals surface area contributed by atoms with E-state index in [1.165, 1.54) is 6.07 Å². The fourth-order valence-electron chi connectivity index (χ4n) is 3.95. The Hall–Kier alpha value is -3.59. The van der Waals surface area contributed by atoms with Gasteiger partial charge in [-0.25, -0.2) is 0 Å². The molecule has 5 atom stereocenters. The van der Waals surface area contributed by atoms with Gasteiger partial charge in [-0.3, -0.25) is 4.79 Å². The lowest BCUT2D eigenvalue weighted by atomic mass is 9.79. The maximum absolute atomic E-state index is 12.9. The molecular formula is C21H20O13. The van der Waals surface area contributed by atoms with Gasteiger partial charge in [0.25, 0.3) is 0 Å². The zero-order valence-electron chi connectivity index (χ0n) is 17.0. The van der Waals surface area contributed by atoms with E-state index < -0.39 is 93.3 Å². The molecule has 1 unspecified atom stereocenters. The number of aliphatic hydroxyl groups is 5. The van der Waals surface area contributed by atoms with Crippen molar-refractivity contribution in [2.45, 2.75) is 30.2 Å². The minimum absolute atomic E-state index is 0.0572. The van der Waals surface area contributed by atoms with Gasteiger partial charge in [-0.05, 0) is 18.2 Å². The van der Waals surface area contributed by atoms with Crippen LogP contribution in [-0.2, 0) is 10.3 Å². The van der Waals surface area contributed by atoms with Crippen LogP contribution in [0.15, 0.2) is 33.5 Å². The van der Waals surface area contributed by atoms with Crippen molar-refractivity contribution in [3.05, 3.63) is 40.1 Å². The predicted molar refractivity (Wildman–Crippen MR) is 110 cm³/mol. The van der Waals surface area contributed by atoms with Crippen LogP contribution >= 0.6 is 0 Å². The van der Waals surface area contributed by atoms with Gasteiger partial charge in [0, 0.05) is 11.6 Å². The molecule has 0 aliphatic carbocycles. The second kappa shape index (κ2) is 8.02. The lowest BCUT2D eigenvalue weighted by Gasteiger charge is -2.46. The first kappa shape index (κ1) is 23.6. The van der Waals surface area contributed by atoms with E-state index >= 15 is 0 Å². The summed E-state index contributed by atoms with van der Waals surface area (Å²) < 4.78 is 10.3. The monoisotopic (exact) mass is 480 g/mol. The van der Waals surface area contributed by atoms with E-state index in [0.29, 0.717) is 0 Å². The number of ether oxygens (including phenoxy) is 1. The molecule has 3 aromatic rings. The van der Waals surface area contributed by atoms with Gasteiger partial charge in [-0.1, -0.05) is 0 Å². The second-order valence-electron chi connectivity index (χ2n) is 7.78. The number of fused-ring (bicyclic) bond motifs is 1. The molecule has 0 spiro atoms. The Morgan fingerprint density at radius 2 is 1.59 bits per heavy atom. The molecule has 0 bridgehead atoms. The summed E-state index contributed by atoms with van der Waals surface area (Å²) in [5.41, 5.74) is -5.94. The number of hydrogen-bond acceptors (Lipinski definition) is 13. The number of phenolic OH excluding ortho intramolecular Hbond substituents is 4. The average molecular weight is 480 g/mol. The first-order chi connectivity index (χ1) is 15.9. The molecule has 2 aromatic carbocycles. The first-order valence-corrected chi connectivity index (χ1v) is 9.73. The Morgan fingerprint density at radius 1 is 0.912 bits per heavy atom. The van der Waals surface area contributed by atoms with Crippen molar-refractivity contribution in [2.75, 3.05) is 6.61 Å². The molecule has 1 saturated heterocycles. The third-order valence-electron chi connectivity index (χ3n) is 5.77. The van der Waals surface area contributed by atoms with E-state index in [0.717, 1.165) is 18.2 Å². The molecule has 13 heteroatoms. The molecule has 34 heavy (non-hydrogen) atoms. The van der Waals surface area contributed by atoms with Crippen LogP contribution < -0.4 is 5.43 Å². The Bertz CT molecular complexity index is 1330. The molecule has 0 saturated carbocycles. The summed E-state index contributed by atoms with van der Waals surface area (Å²) in [5, 5.41) is 101. The zero-order valence-corrected chi connectivity index (χ0v) is 17.0. The van der Waals surface area contributed by atoms with E-state index in [-0.39, 0.29) is 5.56 Å². The molecule has 10 N–H and O–H groups in total. The number of hydrogen-bond donors (Lipinski definition) is 10. The van der Waals surface area contributed by atoms with Gasteiger partial charge in [0.05, 0.1) is 12.2 Å². The van der Waals surface area contributed by atoms with Crippen molar-refractivity contribution >= 4 is 11.0 Å². The van der Waals surface area contributed by atoms with Crippen molar-refractivity contribution < 1.29 is 60.2 Å². The third-order valence-corrected chi connectivity index (χ3v) is 5.77. The van der Waals surface area contributed by atoms with Crippen LogP contribution in [0.5, 0.6) is 28.7 Å². The highest BCUT2D eigenvalue weighted by atomic mass is 16.6. The molecule has 13 nitrogen and oxygen atoms in total. The van der Waals surface area contributed by atoms with Crippen LogP contribution in [-0.4, -0.2) is 82.3 Å². The molecule has 1 aliphatic heterocycles. The lowest BCUT2D eigenvalue weighted by Crippen LogP contribution is -2.64. The lowest BCUT2D eigenvalue weighted by molar-refractivity contribution is -0.335. The van der Waals surface area contributed by atoms with E-state index in [9.17, 15) is 55.9 Å². The minimum Gasteiger partial charge on any atom is -0.507 e. The summed E-state index contributed by atoms with van der Waals surface area (Å²) in [6, 6.07) is 3.96. The number of phenols is 4. The van der Waals surface area contributed by atoms with Gasteiger partial charge >= 0.3 is 0 Å². The normalized spacial score (nSPS) is 27.2. The molecule has 182 valence electrons. The average Bonchev–Trinajstić information content (AvgIpc) is 2.79. The van der Waals surface area contributed by atoms with Gasteiger partial charge in [-0.2, -0.15) is 0 Å². The van der Waals surface area contributed by atoms with E-state index in [4.69, 9.17) is 9.15 Å². The highest BCUT2D eigenvalue weighted by Crippen LogP contribution is 2.48. The fraction of sp³-hybridized carbons (Fsp3) is 0.286. The molecule has 2 heterocycles. The smallest absolute Gasteiger partial charge is 0.238 e. The van der Waals surface area contributed by atoms with E-state index in [1.807, 2.05) is 0 Å². The molecule has 1 fully saturated rings. The van der Waals surface area contributed by atoms with Crippen molar-refractivity contribution in [3.8, 4) is 40.1 Å². The molecule has 0 amide bonds. The van der Waals surface area contributed by atoms with Gasteiger partial charge < -0.3 is 60.2 Å². The summed E-state index contributed by atoms with van der Waals surface area (Å²) in [7, 11) is 0. The third kappa shape index (κ3) is 3.22. The van der Waals surface area contributed by atoms with Crippen molar-refractivity contribution in [1.29, 1.82) is 0 Å². The van der Waals surface area contributed by atoms with Crippen molar-refractivity contribution in [1.82, 2.24) is 0 Å². The van der Waals surface area contributed by atoms with E-state index in [1.54, 1.807) is 0 Å². The van der Waals surface area contributed by atoms with Crippen LogP contribution in [0.3, 0.4) is 0 Å². The molecule has 0 radical (unpaired) electrons. The van der Waals surface area contributed by atoms with Crippen LogP contribution in [0.4, 0.5) is 0 Å². The maximum Gasteiger partial charge on any atom is 0.238 e. The Balaban J connectivity index is 1.96. The highest BCUT2D eigenvalue weighted by molar-refractivity contribution is 5.90. The van der Waals surface area contributed by atoms with E-state index in [2.05, 4.69) is 0 Å². The summed E-state index contributed by atoms with van der Waals surface area (Å²) in [4.78, 5) is 12.9. The van der Waals surface area contributed by atoms with Gasteiger partial charge in [0.2, 0.25) is 11.2 Å². The Morgan fingerprint density at radius 3 is 2.21 bits per heavy atom. The zero-order chi connectivity index (χ0) is 25.1. The highest BCUT2D eigenvalue weighted by Gasteiger charge is 2.57. The summed E-state index contributed by atoms with van der Waals surface area (Å²) in [6.45, 7) is -0.853. The van der Waals surface area contributed by atoms with Crippen molar-refractivity contribution in [2.24, 2.45) is 0 Å². The molecular weight excluding hydrogens is 460 g/mol. The SMILES string of the molecule is O=c1c(O)c(-c2ccc(O)c(O)c2)oc2cc(O)c([C@@]3(O)C(O)O[C@H](CO)[C@@H](O)[C@@H]3O)c(O)c12. The minimum atomic E-state index is -3.09. The second-order valence-corrected chi connectivity index (χ2v) is 7.78. The van der Waals surface area contributed by atoms with Crippen LogP contribution in [0, 0.1) is 0 Å². The number of benzene rings is 2. The van der Waals surface area contributed by atoms with Gasteiger partial charge in [0.1, 0.15) is 40.8 Å². The number of aromatic hydroxyl groups is 5. The standard InChI is InChI=1S/C21H20O13/c22-5-11-14(26)19(30)21(32,20(31)34-11)13-9(25)4-10-12(15(13)27)16(28)17(29)18(33-10)6-1-2-7(23)8(24)3-6/h1-4,11,14,19-20,22-27,29-32H,5H2/t11-,14-,19+,20?,21+/m1/s1. The predicted octanol–water partition coefficient (Wildman–Crippen LogP) is -1.39. The molecule has 1 aliphatic rings. The Kier molecular flexibility index (Phi) is 5.56. The maximum atomic E-state index is 12.9. The molecule has 1 aromatic heterocycles. The van der Waals surface area contributed by atoms with Gasteiger partial charge in [0.15, 0.2) is 29.2 Å². The Labute approximate surface area is 188 Å². The summed E-state index contributed by atoms with van der Waals surface area (Å²) in [6.07, 6.45) is -8.21. The first-order valence-electron chi connectivity index (χ1n) is 9.73. The fourth-order valence-corrected chi connectivity index (χ4v) is 3.95. The van der Waals surface area contributed by atoms with Crippen molar-refractivity contribution in [3.63, 3.8) is 0 Å². The molecule has 4 rings (SSSR count). The van der Waals surface area contributed by atoms with Crippen LogP contribution in [0.1, 0.15) is 5.56 Å².